The van der Waals surface area contributed by atoms with Gasteiger partial charge in [-0.25, -0.2) is 9.37 Å². The molecule has 0 saturated heterocycles. The number of benzene rings is 2. The molecule has 0 saturated carbocycles. The molecule has 0 N–H and O–H groups in total. The standard InChI is InChI=1S/C22H21FN2O3S/c1-27-18-9-8-15(11-19(18)28-2)22-24-16(13-29-22)12-20(26)25-10-4-6-14-5-3-7-17(23)21(14)25/h3,5,7-9,11,13H,4,6,10,12H2,1-2H3. The molecule has 150 valence electrons. The third-order valence-corrected chi connectivity index (χ3v) is 5.92. The van der Waals surface area contributed by atoms with Crippen LogP contribution in [0.5, 0.6) is 11.5 Å². The van der Waals surface area contributed by atoms with Gasteiger partial charge in [0.25, 0.3) is 0 Å². The number of thiazole rings is 1. The van der Waals surface area contributed by atoms with E-state index in [1.54, 1.807) is 25.2 Å². The van der Waals surface area contributed by atoms with Gasteiger partial charge in [-0.05, 0) is 42.7 Å². The number of fused-ring (bicyclic) bond motifs is 1. The number of carbonyl (C=O) groups is 1. The minimum atomic E-state index is -0.347. The average molecular weight is 412 g/mol. The highest BCUT2D eigenvalue weighted by Crippen LogP contribution is 2.34. The maximum Gasteiger partial charge on any atom is 0.233 e. The first-order valence-electron chi connectivity index (χ1n) is 9.35. The van der Waals surface area contributed by atoms with Crippen LogP contribution in [-0.2, 0) is 17.6 Å². The number of rotatable bonds is 5. The number of hydrogen-bond acceptors (Lipinski definition) is 5. The van der Waals surface area contributed by atoms with E-state index >= 15 is 0 Å². The quantitative estimate of drug-likeness (QED) is 0.620. The van der Waals surface area contributed by atoms with Gasteiger partial charge in [0.05, 0.1) is 32.0 Å². The Labute approximate surface area is 172 Å². The number of nitrogens with zero attached hydrogens (tertiary/aromatic N) is 2. The van der Waals surface area contributed by atoms with E-state index in [0.717, 1.165) is 29.0 Å². The number of aromatic nitrogens is 1. The van der Waals surface area contributed by atoms with Crippen LogP contribution < -0.4 is 14.4 Å². The summed E-state index contributed by atoms with van der Waals surface area (Å²) >= 11 is 1.46. The number of amides is 1. The molecule has 0 bridgehead atoms. The number of hydrogen-bond donors (Lipinski definition) is 0. The van der Waals surface area contributed by atoms with Crippen molar-refractivity contribution in [3.8, 4) is 22.1 Å². The first-order valence-corrected chi connectivity index (χ1v) is 10.2. The molecule has 1 amide bonds. The second-order valence-electron chi connectivity index (χ2n) is 6.79. The maximum atomic E-state index is 14.3. The zero-order chi connectivity index (χ0) is 20.4. The van der Waals surface area contributed by atoms with Crippen LogP contribution in [0.3, 0.4) is 0 Å². The predicted molar refractivity (Wildman–Crippen MR) is 111 cm³/mol. The number of anilines is 1. The zero-order valence-corrected chi connectivity index (χ0v) is 17.1. The molecule has 1 aliphatic heterocycles. The highest BCUT2D eigenvalue weighted by atomic mass is 32.1. The first-order chi connectivity index (χ1) is 14.1. The van der Waals surface area contributed by atoms with Gasteiger partial charge in [0.15, 0.2) is 11.5 Å². The van der Waals surface area contributed by atoms with Gasteiger partial charge in [-0.15, -0.1) is 11.3 Å². The Balaban J connectivity index is 1.54. The van der Waals surface area contributed by atoms with E-state index in [2.05, 4.69) is 4.98 Å². The lowest BCUT2D eigenvalue weighted by Crippen LogP contribution is -2.37. The highest BCUT2D eigenvalue weighted by Gasteiger charge is 2.26. The fourth-order valence-electron chi connectivity index (χ4n) is 3.59. The summed E-state index contributed by atoms with van der Waals surface area (Å²) in [5.74, 6) is 0.785. The van der Waals surface area contributed by atoms with Crippen molar-refractivity contribution >= 4 is 22.9 Å². The molecule has 2 heterocycles. The van der Waals surface area contributed by atoms with Gasteiger partial charge in [0, 0.05) is 17.5 Å². The summed E-state index contributed by atoms with van der Waals surface area (Å²) in [6.45, 7) is 0.527. The van der Waals surface area contributed by atoms with E-state index in [1.165, 1.54) is 17.4 Å². The number of carbonyl (C=O) groups excluding carboxylic acids is 1. The zero-order valence-electron chi connectivity index (χ0n) is 16.3. The molecular weight excluding hydrogens is 391 g/mol. The van der Waals surface area contributed by atoms with Gasteiger partial charge in [-0.3, -0.25) is 4.79 Å². The van der Waals surface area contributed by atoms with Crippen LogP contribution in [0.15, 0.2) is 41.8 Å². The van der Waals surface area contributed by atoms with Crippen LogP contribution in [0.25, 0.3) is 10.6 Å². The smallest absolute Gasteiger partial charge is 0.233 e. The summed E-state index contributed by atoms with van der Waals surface area (Å²) in [5, 5.41) is 2.66. The van der Waals surface area contributed by atoms with Gasteiger partial charge < -0.3 is 14.4 Å². The molecule has 1 aromatic heterocycles. The Morgan fingerprint density at radius 1 is 1.21 bits per heavy atom. The number of methoxy groups -OCH3 is 2. The molecule has 4 rings (SSSR count). The third-order valence-electron chi connectivity index (χ3n) is 4.98. The Kier molecular flexibility index (Phi) is 5.49. The molecule has 1 aliphatic rings. The van der Waals surface area contributed by atoms with E-state index in [0.29, 0.717) is 29.4 Å². The number of ether oxygens (including phenoxy) is 2. The second kappa shape index (κ2) is 8.21. The average Bonchev–Trinajstić information content (AvgIpc) is 3.21. The summed E-state index contributed by atoms with van der Waals surface area (Å²) < 4.78 is 25.0. The molecule has 0 atom stereocenters. The first kappa shape index (κ1) is 19.4. The summed E-state index contributed by atoms with van der Waals surface area (Å²) in [6.07, 6.45) is 1.75. The molecule has 29 heavy (non-hydrogen) atoms. The lowest BCUT2D eigenvalue weighted by Gasteiger charge is -2.29. The Morgan fingerprint density at radius 2 is 2.03 bits per heavy atom. The molecule has 3 aromatic rings. The predicted octanol–water partition coefficient (Wildman–Crippen LogP) is 4.49. The third kappa shape index (κ3) is 3.82. The summed E-state index contributed by atoms with van der Waals surface area (Å²) in [6, 6.07) is 10.6. The highest BCUT2D eigenvalue weighted by molar-refractivity contribution is 7.13. The number of para-hydroxylation sites is 1. The topological polar surface area (TPSA) is 51.7 Å². The van der Waals surface area contributed by atoms with Gasteiger partial charge in [0.2, 0.25) is 5.91 Å². The lowest BCUT2D eigenvalue weighted by atomic mass is 10.0. The van der Waals surface area contributed by atoms with Gasteiger partial charge in [-0.1, -0.05) is 12.1 Å². The van der Waals surface area contributed by atoms with Crippen LogP contribution in [-0.4, -0.2) is 31.7 Å². The summed E-state index contributed by atoms with van der Waals surface area (Å²) in [5.41, 5.74) is 2.86. The normalized spacial score (nSPS) is 13.1. The Hall–Kier alpha value is -2.93. The van der Waals surface area contributed by atoms with Crippen molar-refractivity contribution in [3.05, 3.63) is 58.9 Å². The van der Waals surface area contributed by atoms with Gasteiger partial charge >= 0.3 is 0 Å². The fourth-order valence-corrected chi connectivity index (χ4v) is 4.41. The lowest BCUT2D eigenvalue weighted by molar-refractivity contribution is -0.118. The fraction of sp³-hybridized carbons (Fsp3) is 0.273. The van der Waals surface area contributed by atoms with Gasteiger partial charge in [-0.2, -0.15) is 0 Å². The summed E-state index contributed by atoms with van der Waals surface area (Å²) in [4.78, 5) is 19.1. The second-order valence-corrected chi connectivity index (χ2v) is 7.65. The van der Waals surface area contributed by atoms with Crippen LogP contribution in [0.1, 0.15) is 17.7 Å². The van der Waals surface area contributed by atoms with Crippen LogP contribution >= 0.6 is 11.3 Å². The molecule has 2 aromatic carbocycles. The molecule has 0 unspecified atom stereocenters. The van der Waals surface area contributed by atoms with Crippen molar-refractivity contribution in [1.82, 2.24) is 4.98 Å². The van der Waals surface area contributed by atoms with Crippen LogP contribution in [0.2, 0.25) is 0 Å². The molecule has 0 fully saturated rings. The molecule has 7 heteroatoms. The molecule has 5 nitrogen and oxygen atoms in total. The van der Waals surface area contributed by atoms with Crippen molar-refractivity contribution in [3.63, 3.8) is 0 Å². The van der Waals surface area contributed by atoms with Crippen molar-refractivity contribution in [1.29, 1.82) is 0 Å². The van der Waals surface area contributed by atoms with Gasteiger partial charge in [0.1, 0.15) is 10.8 Å². The molecule has 0 radical (unpaired) electrons. The minimum absolute atomic E-state index is 0.136. The Bertz CT molecular complexity index is 1050. The van der Waals surface area contributed by atoms with Crippen molar-refractivity contribution < 1.29 is 18.7 Å². The van der Waals surface area contributed by atoms with E-state index in [-0.39, 0.29) is 18.1 Å². The van der Waals surface area contributed by atoms with E-state index in [9.17, 15) is 9.18 Å². The molecule has 0 aliphatic carbocycles. The maximum absolute atomic E-state index is 14.3. The van der Waals surface area contributed by atoms with Crippen molar-refractivity contribution in [2.24, 2.45) is 0 Å². The van der Waals surface area contributed by atoms with E-state index in [4.69, 9.17) is 9.47 Å². The van der Waals surface area contributed by atoms with Crippen LogP contribution in [0, 0.1) is 5.82 Å². The van der Waals surface area contributed by atoms with Crippen LogP contribution in [0.4, 0.5) is 10.1 Å². The largest absolute Gasteiger partial charge is 0.493 e. The van der Waals surface area contributed by atoms with Crippen molar-refractivity contribution in [2.45, 2.75) is 19.3 Å². The summed E-state index contributed by atoms with van der Waals surface area (Å²) in [7, 11) is 3.18. The Morgan fingerprint density at radius 3 is 2.83 bits per heavy atom. The SMILES string of the molecule is COc1ccc(-c2nc(CC(=O)N3CCCc4cccc(F)c43)cs2)cc1OC. The number of halogens is 1. The van der Waals surface area contributed by atoms with E-state index in [1.807, 2.05) is 29.6 Å². The minimum Gasteiger partial charge on any atom is -0.493 e. The monoisotopic (exact) mass is 412 g/mol. The molecular formula is C22H21FN2O3S. The number of aryl methyl sites for hydroxylation is 1. The van der Waals surface area contributed by atoms with E-state index < -0.39 is 0 Å². The van der Waals surface area contributed by atoms with Crippen molar-refractivity contribution in [2.75, 3.05) is 25.7 Å². The molecule has 0 spiro atoms.